The number of nitrogens with two attached hydrogens (primary N) is 1. The molecule has 0 saturated heterocycles. The minimum atomic E-state index is -1.16. The summed E-state index contributed by atoms with van der Waals surface area (Å²) in [4.78, 5) is 4.99. The molecule has 1 aromatic carbocycles. The van der Waals surface area contributed by atoms with E-state index in [1.54, 1.807) is 18.2 Å². The van der Waals surface area contributed by atoms with Gasteiger partial charge in [-0.25, -0.2) is 0 Å². The highest BCUT2D eigenvalue weighted by Gasteiger charge is 2.08. The molecule has 0 amide bonds. The van der Waals surface area contributed by atoms with Gasteiger partial charge in [-0.05, 0) is 37.3 Å². The van der Waals surface area contributed by atoms with Crippen molar-refractivity contribution in [2.45, 2.75) is 17.6 Å². The zero-order chi connectivity index (χ0) is 13.1. The predicted molar refractivity (Wildman–Crippen MR) is 75.0 cm³/mol. The summed E-state index contributed by atoms with van der Waals surface area (Å²) in [5.74, 6) is 0.377. The Morgan fingerprint density at radius 1 is 1.33 bits per heavy atom. The number of nitrogens with zero attached hydrogens (tertiary/aromatic N) is 1. The van der Waals surface area contributed by atoms with E-state index in [1.165, 1.54) is 0 Å². The van der Waals surface area contributed by atoms with Crippen LogP contribution in [-0.2, 0) is 16.6 Å². The third-order valence-electron chi connectivity index (χ3n) is 2.46. The summed E-state index contributed by atoms with van der Waals surface area (Å²) >= 11 is 5.91. The Kier molecular flexibility index (Phi) is 3.99. The quantitative estimate of drug-likeness (QED) is 0.880. The highest BCUT2D eigenvalue weighted by molar-refractivity contribution is 7.84. The van der Waals surface area contributed by atoms with Crippen molar-refractivity contribution in [1.82, 2.24) is 4.98 Å². The molecule has 0 spiro atoms. The van der Waals surface area contributed by atoms with Gasteiger partial charge in [0.25, 0.3) is 0 Å². The molecule has 1 unspecified atom stereocenters. The first-order valence-electron chi connectivity index (χ1n) is 5.42. The van der Waals surface area contributed by atoms with Crippen LogP contribution in [0, 0.1) is 6.92 Å². The first-order valence-corrected chi connectivity index (χ1v) is 7.12. The van der Waals surface area contributed by atoms with E-state index in [9.17, 15) is 4.21 Å². The average molecular weight is 281 g/mol. The molecule has 2 N–H and O–H groups in total. The molecule has 0 radical (unpaired) electrons. The maximum atomic E-state index is 12.2. The smallest absolute Gasteiger partial charge is 0.0705 e. The number of hydrogen-bond donors (Lipinski definition) is 1. The molecular weight excluding hydrogens is 268 g/mol. The molecule has 1 aromatic heterocycles. The van der Waals surface area contributed by atoms with Crippen molar-refractivity contribution in [2.24, 2.45) is 0 Å². The van der Waals surface area contributed by atoms with Gasteiger partial charge in [0.05, 0.1) is 33.0 Å². The molecule has 2 aromatic rings. The van der Waals surface area contributed by atoms with Gasteiger partial charge in [-0.15, -0.1) is 0 Å². The fraction of sp³-hybridized carbons (Fsp3) is 0.154. The fourth-order valence-corrected chi connectivity index (χ4v) is 2.86. The van der Waals surface area contributed by atoms with Crippen molar-refractivity contribution in [3.05, 3.63) is 52.8 Å². The molecule has 2 rings (SSSR count). The Hall–Kier alpha value is -1.39. The Morgan fingerprint density at radius 2 is 2.11 bits per heavy atom. The summed E-state index contributed by atoms with van der Waals surface area (Å²) in [5, 5.41) is 0.429. The second-order valence-corrected chi connectivity index (χ2v) is 5.80. The lowest BCUT2D eigenvalue weighted by Crippen LogP contribution is -2.00. The maximum Gasteiger partial charge on any atom is 0.0705 e. The molecule has 0 fully saturated rings. The molecule has 5 heteroatoms. The molecule has 0 aliphatic carbocycles. The van der Waals surface area contributed by atoms with E-state index in [0.717, 1.165) is 11.4 Å². The van der Waals surface area contributed by atoms with Crippen molar-refractivity contribution < 1.29 is 4.21 Å². The lowest BCUT2D eigenvalue weighted by molar-refractivity contribution is 0.682. The van der Waals surface area contributed by atoms with Crippen molar-refractivity contribution in [3.8, 4) is 0 Å². The monoisotopic (exact) mass is 280 g/mol. The summed E-state index contributed by atoms with van der Waals surface area (Å²) in [5.41, 5.74) is 7.83. The van der Waals surface area contributed by atoms with Crippen LogP contribution in [0.5, 0.6) is 0 Å². The summed E-state index contributed by atoms with van der Waals surface area (Å²) in [6.45, 7) is 1.91. The Morgan fingerprint density at radius 3 is 2.78 bits per heavy atom. The van der Waals surface area contributed by atoms with Crippen molar-refractivity contribution in [1.29, 1.82) is 0 Å². The van der Waals surface area contributed by atoms with Crippen LogP contribution in [-0.4, -0.2) is 9.19 Å². The van der Waals surface area contributed by atoms with Crippen molar-refractivity contribution in [3.63, 3.8) is 0 Å². The number of aromatic nitrogens is 1. The van der Waals surface area contributed by atoms with E-state index in [-0.39, 0.29) is 0 Å². The van der Waals surface area contributed by atoms with Gasteiger partial charge in [-0.2, -0.15) is 0 Å². The van der Waals surface area contributed by atoms with Gasteiger partial charge >= 0.3 is 0 Å². The van der Waals surface area contributed by atoms with Crippen LogP contribution in [0.15, 0.2) is 41.3 Å². The van der Waals surface area contributed by atoms with E-state index < -0.39 is 10.8 Å². The van der Waals surface area contributed by atoms with Crippen LogP contribution in [0.4, 0.5) is 5.69 Å². The highest BCUT2D eigenvalue weighted by atomic mass is 35.5. The molecule has 0 aliphatic heterocycles. The molecule has 0 aliphatic rings. The first kappa shape index (κ1) is 13.1. The third kappa shape index (κ3) is 3.09. The molecule has 1 heterocycles. The van der Waals surface area contributed by atoms with E-state index in [0.29, 0.717) is 21.4 Å². The van der Waals surface area contributed by atoms with E-state index >= 15 is 0 Å². The van der Waals surface area contributed by atoms with Crippen LogP contribution in [0.3, 0.4) is 0 Å². The van der Waals surface area contributed by atoms with Crippen LogP contribution < -0.4 is 5.73 Å². The van der Waals surface area contributed by atoms with Crippen LogP contribution in [0.2, 0.25) is 5.02 Å². The van der Waals surface area contributed by atoms with E-state index in [2.05, 4.69) is 4.98 Å². The second kappa shape index (κ2) is 5.50. The van der Waals surface area contributed by atoms with Crippen molar-refractivity contribution in [2.75, 3.05) is 5.73 Å². The normalized spacial score (nSPS) is 12.3. The van der Waals surface area contributed by atoms with Gasteiger partial charge in [-0.1, -0.05) is 17.7 Å². The van der Waals surface area contributed by atoms with Crippen LogP contribution >= 0.6 is 11.6 Å². The summed E-state index contributed by atoms with van der Waals surface area (Å²) in [6, 6.07) is 10.7. The van der Waals surface area contributed by atoms with Gasteiger partial charge in [0.15, 0.2) is 0 Å². The Labute approximate surface area is 113 Å². The zero-order valence-electron chi connectivity index (χ0n) is 9.89. The summed E-state index contributed by atoms with van der Waals surface area (Å²) in [7, 11) is -1.16. The lowest BCUT2D eigenvalue weighted by Gasteiger charge is -2.05. The second-order valence-electron chi connectivity index (χ2n) is 3.94. The molecule has 0 saturated carbocycles. The SMILES string of the molecule is Cc1cccc(CS(=O)c2ccc(N)c(Cl)c2)n1. The van der Waals surface area contributed by atoms with E-state index in [4.69, 9.17) is 17.3 Å². The Balaban J connectivity index is 2.19. The zero-order valence-corrected chi connectivity index (χ0v) is 11.5. The Bertz CT molecular complexity index is 601. The van der Waals surface area contributed by atoms with Crippen molar-refractivity contribution >= 4 is 28.1 Å². The molecular formula is C13H13ClN2OS. The standard InChI is InChI=1S/C13H13ClN2OS/c1-9-3-2-4-10(16-9)8-18(17)11-5-6-13(15)12(14)7-11/h2-7H,8,15H2,1H3. The molecule has 0 bridgehead atoms. The molecule has 18 heavy (non-hydrogen) atoms. The topological polar surface area (TPSA) is 56.0 Å². The number of hydrogen-bond acceptors (Lipinski definition) is 3. The predicted octanol–water partition coefficient (Wildman–Crippen LogP) is 2.93. The molecule has 1 atom stereocenters. The van der Waals surface area contributed by atoms with E-state index in [1.807, 2.05) is 25.1 Å². The first-order chi connectivity index (χ1) is 8.56. The summed E-state index contributed by atoms with van der Waals surface area (Å²) in [6.07, 6.45) is 0. The lowest BCUT2D eigenvalue weighted by atomic mass is 10.3. The molecule has 3 nitrogen and oxygen atoms in total. The van der Waals surface area contributed by atoms with Crippen LogP contribution in [0.25, 0.3) is 0 Å². The average Bonchev–Trinajstić information content (AvgIpc) is 2.32. The fourth-order valence-electron chi connectivity index (χ4n) is 1.55. The van der Waals surface area contributed by atoms with Gasteiger partial charge in [0.1, 0.15) is 0 Å². The number of anilines is 1. The van der Waals surface area contributed by atoms with Gasteiger partial charge in [0, 0.05) is 10.6 Å². The number of aryl methyl sites for hydroxylation is 1. The number of rotatable bonds is 3. The number of halogens is 1. The number of benzene rings is 1. The minimum absolute atomic E-state index is 0.377. The third-order valence-corrected chi connectivity index (χ3v) is 4.12. The minimum Gasteiger partial charge on any atom is -0.398 e. The number of nitrogen functional groups attached to an aromatic ring is 1. The van der Waals surface area contributed by atoms with Gasteiger partial charge in [0.2, 0.25) is 0 Å². The number of pyridine rings is 1. The largest absolute Gasteiger partial charge is 0.398 e. The summed E-state index contributed by atoms with van der Waals surface area (Å²) < 4.78 is 12.2. The highest BCUT2D eigenvalue weighted by Crippen LogP contribution is 2.22. The maximum absolute atomic E-state index is 12.2. The molecule has 94 valence electrons. The van der Waals surface area contributed by atoms with Gasteiger partial charge < -0.3 is 5.73 Å². The van der Waals surface area contributed by atoms with Crippen LogP contribution in [0.1, 0.15) is 11.4 Å². The van der Waals surface area contributed by atoms with Gasteiger partial charge in [-0.3, -0.25) is 9.19 Å².